The number of carbonyl (C=O) groups excluding carboxylic acids is 5. The van der Waals surface area contributed by atoms with Gasteiger partial charge in [-0.25, -0.2) is 9.18 Å². The highest BCUT2D eigenvalue weighted by Gasteiger charge is 2.50. The fourth-order valence-electron chi connectivity index (χ4n) is 6.28. The van der Waals surface area contributed by atoms with Gasteiger partial charge in [-0.15, -0.1) is 11.8 Å². The second-order valence-electron chi connectivity index (χ2n) is 12.7. The number of methoxy groups -OCH3 is 1. The third-order valence-corrected chi connectivity index (χ3v) is 10.1. The van der Waals surface area contributed by atoms with Gasteiger partial charge in [-0.2, -0.15) is 0 Å². The van der Waals surface area contributed by atoms with Gasteiger partial charge in [0, 0.05) is 44.6 Å². The fourth-order valence-corrected chi connectivity index (χ4v) is 7.64. The van der Waals surface area contributed by atoms with Crippen LogP contribution in [0, 0.1) is 12.2 Å². The molecule has 2 saturated heterocycles. The maximum atomic E-state index is 14.0. The van der Waals surface area contributed by atoms with E-state index in [1.165, 1.54) is 30.8 Å². The highest BCUT2D eigenvalue weighted by atomic mass is 32.2. The number of hydrogen-bond acceptors (Lipinski definition) is 13. The highest BCUT2D eigenvalue weighted by Crippen LogP contribution is 2.47. The monoisotopic (exact) mass is 784 g/mol. The van der Waals surface area contributed by atoms with Crippen molar-refractivity contribution in [3.05, 3.63) is 121 Å². The molecule has 290 valence electrons. The van der Waals surface area contributed by atoms with Gasteiger partial charge in [-0.3, -0.25) is 24.2 Å². The smallest absolute Gasteiger partial charge is 0.335 e. The number of aromatic nitrogens is 1. The lowest BCUT2D eigenvalue weighted by atomic mass is 9.92. The molecule has 2 aliphatic rings. The minimum atomic E-state index is -1.43. The van der Waals surface area contributed by atoms with Crippen molar-refractivity contribution >= 4 is 47.2 Å². The summed E-state index contributed by atoms with van der Waals surface area (Å²) in [6.07, 6.45) is -0.147. The van der Waals surface area contributed by atoms with Gasteiger partial charge >= 0.3 is 23.9 Å². The van der Waals surface area contributed by atoms with Crippen LogP contribution in [0.5, 0.6) is 5.75 Å². The number of nitrogens with zero attached hydrogens (tertiary/aromatic N) is 2. The van der Waals surface area contributed by atoms with E-state index < -0.39 is 71.7 Å². The van der Waals surface area contributed by atoms with Crippen molar-refractivity contribution in [1.29, 1.82) is 0 Å². The van der Waals surface area contributed by atoms with Crippen molar-refractivity contribution in [3.63, 3.8) is 0 Å². The number of β-lactam (4-membered cyclic amide) rings is 1. The number of thioether (sulfide) groups is 1. The molecule has 6 rings (SSSR count). The minimum Gasteiger partial charge on any atom is -0.467 e. The maximum absolute atomic E-state index is 14.0. The van der Waals surface area contributed by atoms with Crippen LogP contribution in [0.2, 0.25) is 0 Å². The Hall–Kier alpha value is -5.80. The first-order valence-electron chi connectivity index (χ1n) is 17.4. The number of ether oxygens (including phenoxy) is 6. The van der Waals surface area contributed by atoms with E-state index in [-0.39, 0.29) is 17.4 Å². The van der Waals surface area contributed by atoms with Crippen LogP contribution in [0.25, 0.3) is 11.1 Å². The Morgan fingerprint density at radius 2 is 1.59 bits per heavy atom. The molecule has 2 fully saturated rings. The molecule has 7 atom stereocenters. The Labute approximate surface area is 326 Å². The lowest BCUT2D eigenvalue weighted by Gasteiger charge is -2.47. The molecular weight excluding hydrogens is 748 g/mol. The lowest BCUT2D eigenvalue weighted by Crippen LogP contribution is -2.57. The van der Waals surface area contributed by atoms with Gasteiger partial charge in [0.25, 0.3) is 0 Å². The SMILES string of the molecule is COC(=O)[C@@H]1[C][C@H](OC(C)=O)[C@@H](OC(C)=O)[C@H](Oc2ccc([C@@H]3[C@@H](SC[C@H](OC(C)=O)c4ccc(F)cc4)C(=O)N3c3ccc(-c4cccnc4)cc3)cc2)O1. The first kappa shape index (κ1) is 39.9. The molecule has 0 unspecified atom stereocenters. The Bertz CT molecular complexity index is 2030. The normalized spacial score (nSPS) is 22.2. The molecule has 1 aromatic heterocycles. The summed E-state index contributed by atoms with van der Waals surface area (Å²) in [4.78, 5) is 68.2. The molecule has 0 bridgehead atoms. The van der Waals surface area contributed by atoms with Crippen molar-refractivity contribution < 1.29 is 56.8 Å². The number of esters is 4. The van der Waals surface area contributed by atoms with E-state index >= 15 is 0 Å². The van der Waals surface area contributed by atoms with E-state index in [9.17, 15) is 28.4 Å². The molecule has 2 aliphatic heterocycles. The number of halogens is 1. The summed E-state index contributed by atoms with van der Waals surface area (Å²) in [6.45, 7) is 3.59. The van der Waals surface area contributed by atoms with Gasteiger partial charge < -0.3 is 33.3 Å². The Kier molecular flexibility index (Phi) is 12.7. The molecule has 1 amide bonds. The molecule has 0 saturated carbocycles. The summed E-state index contributed by atoms with van der Waals surface area (Å²) in [5.41, 5.74) is 3.79. The van der Waals surface area contributed by atoms with Crippen LogP contribution in [0.3, 0.4) is 0 Å². The molecule has 15 heteroatoms. The average Bonchev–Trinajstić information content (AvgIpc) is 3.18. The van der Waals surface area contributed by atoms with Gasteiger partial charge in [0.15, 0.2) is 12.2 Å². The quantitative estimate of drug-likeness (QED) is 0.0939. The number of anilines is 1. The van der Waals surface area contributed by atoms with E-state index in [0.29, 0.717) is 11.3 Å². The topological polar surface area (TPSA) is 157 Å². The predicted molar refractivity (Wildman–Crippen MR) is 199 cm³/mol. The van der Waals surface area contributed by atoms with Gasteiger partial charge in [-0.1, -0.05) is 42.5 Å². The largest absolute Gasteiger partial charge is 0.467 e. The molecular formula is C41H37FN2O11S. The van der Waals surface area contributed by atoms with Gasteiger partial charge in [0.2, 0.25) is 18.3 Å². The first-order chi connectivity index (χ1) is 26.9. The molecule has 0 spiro atoms. The van der Waals surface area contributed by atoms with E-state index in [0.717, 1.165) is 37.6 Å². The van der Waals surface area contributed by atoms with Gasteiger partial charge in [0.05, 0.1) is 19.6 Å². The second kappa shape index (κ2) is 17.8. The van der Waals surface area contributed by atoms with E-state index in [4.69, 9.17) is 28.4 Å². The highest BCUT2D eigenvalue weighted by molar-refractivity contribution is 8.00. The second-order valence-corrected chi connectivity index (χ2v) is 13.9. The van der Waals surface area contributed by atoms with Crippen LogP contribution in [0.15, 0.2) is 97.3 Å². The number of rotatable bonds is 13. The first-order valence-corrected chi connectivity index (χ1v) is 18.4. The van der Waals surface area contributed by atoms with E-state index in [1.54, 1.807) is 53.7 Å². The molecule has 13 nitrogen and oxygen atoms in total. The van der Waals surface area contributed by atoms with E-state index in [2.05, 4.69) is 11.4 Å². The van der Waals surface area contributed by atoms with Crippen LogP contribution >= 0.6 is 11.8 Å². The third kappa shape index (κ3) is 9.34. The number of pyridine rings is 1. The van der Waals surface area contributed by atoms with Crippen LogP contribution in [0.1, 0.15) is 44.0 Å². The summed E-state index contributed by atoms with van der Waals surface area (Å²) in [5, 5.41) is -0.607. The number of hydrogen-bond donors (Lipinski definition) is 0. The molecule has 3 aromatic carbocycles. The Morgan fingerprint density at radius 3 is 2.20 bits per heavy atom. The molecule has 3 heterocycles. The van der Waals surface area contributed by atoms with Crippen molar-refractivity contribution in [3.8, 4) is 16.9 Å². The lowest BCUT2D eigenvalue weighted by molar-refractivity contribution is -0.235. The van der Waals surface area contributed by atoms with Crippen LogP contribution in [0.4, 0.5) is 10.1 Å². The molecule has 0 aliphatic carbocycles. The zero-order chi connectivity index (χ0) is 39.9. The molecule has 2 radical (unpaired) electrons. The van der Waals surface area contributed by atoms with Crippen molar-refractivity contribution in [2.45, 2.75) is 62.8 Å². The molecule has 56 heavy (non-hydrogen) atoms. The number of benzene rings is 3. The summed E-state index contributed by atoms with van der Waals surface area (Å²) < 4.78 is 46.6. The zero-order valence-corrected chi connectivity index (χ0v) is 31.5. The van der Waals surface area contributed by atoms with Crippen molar-refractivity contribution in [2.75, 3.05) is 17.8 Å². The summed E-state index contributed by atoms with van der Waals surface area (Å²) in [5.74, 6) is -2.96. The number of carbonyl (C=O) groups is 5. The van der Waals surface area contributed by atoms with Crippen molar-refractivity contribution in [2.24, 2.45) is 0 Å². The zero-order valence-electron chi connectivity index (χ0n) is 30.7. The summed E-state index contributed by atoms with van der Waals surface area (Å²) in [7, 11) is 1.15. The molecule has 4 aromatic rings. The van der Waals surface area contributed by atoms with Crippen molar-refractivity contribution in [1.82, 2.24) is 4.98 Å². The Morgan fingerprint density at radius 1 is 0.893 bits per heavy atom. The standard InChI is InChI=1S/C41H37FN2O11S/c1-23(45)51-33-20-34(40(49)50-4)55-41(37(33)53-25(3)47)54-32-17-11-28(12-18-32)36-38(56-22-35(52-24(2)46)27-7-13-30(42)14-8-27)39(48)44(36)31-15-9-26(10-16-31)29-6-5-19-43-21-29/h5-19,21,33-38,41H,22H2,1-4H3/t33-,34-,35-,36+,37+,38+,41+/m0/s1. The fraction of sp³-hybridized carbons (Fsp3) is 0.293. The Balaban J connectivity index is 1.27. The summed E-state index contributed by atoms with van der Waals surface area (Å²) >= 11 is 1.31. The molecule has 0 N–H and O–H groups in total. The van der Waals surface area contributed by atoms with Gasteiger partial charge in [-0.05, 0) is 64.7 Å². The van der Waals surface area contributed by atoms with E-state index in [1.807, 2.05) is 36.4 Å². The number of amides is 1. The van der Waals surface area contributed by atoms with Gasteiger partial charge in [0.1, 0.15) is 22.9 Å². The minimum absolute atomic E-state index is 0.173. The van der Waals surface area contributed by atoms with Crippen LogP contribution in [-0.4, -0.2) is 77.5 Å². The predicted octanol–water partition coefficient (Wildman–Crippen LogP) is 5.60. The van der Waals surface area contributed by atoms with Crippen LogP contribution in [-0.2, 0) is 47.7 Å². The van der Waals surface area contributed by atoms with Crippen LogP contribution < -0.4 is 9.64 Å². The summed E-state index contributed by atoms with van der Waals surface area (Å²) in [6, 6.07) is 23.2. The average molecular weight is 785 g/mol. The third-order valence-electron chi connectivity index (χ3n) is 8.80. The maximum Gasteiger partial charge on any atom is 0.335 e.